The largest absolute Gasteiger partial charge is 0.457 e. The first-order valence-electron chi connectivity index (χ1n) is 18.0. The minimum Gasteiger partial charge on any atom is -0.457 e. The topological polar surface area (TPSA) is 44.9 Å². The predicted molar refractivity (Wildman–Crippen MR) is 204 cm³/mol. The Hall–Kier alpha value is -4.64. The number of rotatable bonds is 8. The number of hydrogen-bond donors (Lipinski definition) is 0. The summed E-state index contributed by atoms with van der Waals surface area (Å²) in [4.78, 5) is 4.85. The average molecular weight is 651 g/mol. The third-order valence-electron chi connectivity index (χ3n) is 10.4. The van der Waals surface area contributed by atoms with E-state index in [1.807, 2.05) is 6.20 Å². The molecule has 3 heterocycles. The van der Waals surface area contributed by atoms with Gasteiger partial charge in [0.05, 0.1) is 22.4 Å². The van der Waals surface area contributed by atoms with Crippen molar-refractivity contribution in [1.29, 1.82) is 0 Å². The van der Waals surface area contributed by atoms with Gasteiger partial charge in [-0.3, -0.25) is 4.57 Å². The van der Waals surface area contributed by atoms with Gasteiger partial charge >= 0.3 is 0 Å². The zero-order valence-corrected chi connectivity index (χ0v) is 30.6. The van der Waals surface area contributed by atoms with Crippen LogP contribution in [0.25, 0.3) is 33.3 Å². The van der Waals surface area contributed by atoms with Gasteiger partial charge in [-0.2, -0.15) is 5.10 Å². The smallest absolute Gasteiger partial charge is 0.137 e. The lowest BCUT2D eigenvalue weighted by atomic mass is 9.72. The summed E-state index contributed by atoms with van der Waals surface area (Å²) < 4.78 is 11.2. The maximum atomic E-state index is 6.76. The highest BCUT2D eigenvalue weighted by atomic mass is 16.5. The zero-order chi connectivity index (χ0) is 34.6. The molecule has 3 atom stereocenters. The first kappa shape index (κ1) is 32.9. The van der Waals surface area contributed by atoms with E-state index in [0.717, 1.165) is 46.2 Å². The van der Waals surface area contributed by atoms with Crippen LogP contribution in [0.1, 0.15) is 94.8 Å². The van der Waals surface area contributed by atoms with E-state index in [2.05, 4.69) is 150 Å². The summed E-state index contributed by atoms with van der Waals surface area (Å²) in [6.07, 6.45) is 6.61. The molecule has 49 heavy (non-hydrogen) atoms. The van der Waals surface area contributed by atoms with Crippen molar-refractivity contribution in [3.8, 4) is 23.0 Å². The number of benzene rings is 3. The minimum atomic E-state index is 0.331. The van der Waals surface area contributed by atoms with Gasteiger partial charge in [-0.1, -0.05) is 71.4 Å². The number of hydrogen-bond acceptors (Lipinski definition) is 3. The molecule has 252 valence electrons. The van der Waals surface area contributed by atoms with Crippen molar-refractivity contribution in [2.45, 2.75) is 87.0 Å². The molecule has 0 amide bonds. The standard InChI is InChI=1S/C44H50N4O/c1-26(2)18-33-16-17-45-42(21-33)47-40-13-11-10-12-38(40)39-15-14-36(25-41(39)47)49-37-23-34(27(3)4)22-35(24-37)48-32(9)44(31(8)46-48)43-29(6)19-28(5)20-30(43)7/h10-17,19,21-28,30,43H,18,20H2,1-9H3/t28-,30?,43-/m0/s1. The van der Waals surface area contributed by atoms with Crippen molar-refractivity contribution in [3.63, 3.8) is 0 Å². The van der Waals surface area contributed by atoms with Crippen molar-refractivity contribution < 1.29 is 4.74 Å². The fourth-order valence-corrected chi connectivity index (χ4v) is 8.36. The van der Waals surface area contributed by atoms with Crippen molar-refractivity contribution in [1.82, 2.24) is 19.3 Å². The first-order chi connectivity index (χ1) is 23.5. The van der Waals surface area contributed by atoms with Crippen LogP contribution < -0.4 is 4.74 Å². The molecule has 0 aliphatic heterocycles. The number of aryl methyl sites for hydroxylation is 1. The second kappa shape index (κ2) is 13.0. The lowest BCUT2D eigenvalue weighted by Crippen LogP contribution is -2.20. The third-order valence-corrected chi connectivity index (χ3v) is 10.4. The Morgan fingerprint density at radius 2 is 1.61 bits per heavy atom. The fraction of sp³-hybridized carbons (Fsp3) is 0.364. The van der Waals surface area contributed by atoms with Gasteiger partial charge in [-0.15, -0.1) is 0 Å². The van der Waals surface area contributed by atoms with Crippen molar-refractivity contribution in [3.05, 3.63) is 119 Å². The predicted octanol–water partition coefficient (Wildman–Crippen LogP) is 11.8. The number of allylic oxidation sites excluding steroid dienone is 2. The lowest BCUT2D eigenvalue weighted by molar-refractivity contribution is 0.390. The molecule has 0 spiro atoms. The maximum absolute atomic E-state index is 6.76. The summed E-state index contributed by atoms with van der Waals surface area (Å²) in [6.45, 7) is 20.4. The number of aromatic nitrogens is 4. The van der Waals surface area contributed by atoms with Crippen LogP contribution in [-0.2, 0) is 6.42 Å². The van der Waals surface area contributed by atoms with Crippen LogP contribution in [0, 0.1) is 31.6 Å². The zero-order valence-electron chi connectivity index (χ0n) is 30.6. The Balaban J connectivity index is 1.31. The lowest BCUT2D eigenvalue weighted by Gasteiger charge is -2.32. The summed E-state index contributed by atoms with van der Waals surface area (Å²) >= 11 is 0. The van der Waals surface area contributed by atoms with E-state index in [9.17, 15) is 0 Å². The van der Waals surface area contributed by atoms with E-state index in [0.29, 0.717) is 29.6 Å². The molecule has 5 heteroatoms. The van der Waals surface area contributed by atoms with E-state index in [1.54, 1.807) is 0 Å². The van der Waals surface area contributed by atoms with Crippen LogP contribution in [0.5, 0.6) is 11.5 Å². The molecule has 7 rings (SSSR count). The van der Waals surface area contributed by atoms with Crippen LogP contribution in [-0.4, -0.2) is 19.3 Å². The van der Waals surface area contributed by atoms with E-state index >= 15 is 0 Å². The van der Waals surface area contributed by atoms with E-state index in [-0.39, 0.29) is 0 Å². The number of fused-ring (bicyclic) bond motifs is 3. The van der Waals surface area contributed by atoms with Crippen LogP contribution in [0.15, 0.2) is 90.6 Å². The minimum absolute atomic E-state index is 0.331. The Morgan fingerprint density at radius 1 is 0.837 bits per heavy atom. The molecule has 1 aliphatic rings. The van der Waals surface area contributed by atoms with Crippen LogP contribution in [0.2, 0.25) is 0 Å². The molecule has 3 aromatic heterocycles. The monoisotopic (exact) mass is 650 g/mol. The van der Waals surface area contributed by atoms with E-state index in [4.69, 9.17) is 14.8 Å². The summed E-state index contributed by atoms with van der Waals surface area (Å²) in [5, 5.41) is 7.54. The molecular formula is C44H50N4O. The summed E-state index contributed by atoms with van der Waals surface area (Å²) in [5.74, 6) is 5.03. The molecule has 5 nitrogen and oxygen atoms in total. The van der Waals surface area contributed by atoms with Gasteiger partial charge in [0.2, 0.25) is 0 Å². The van der Waals surface area contributed by atoms with Gasteiger partial charge in [0.1, 0.15) is 17.3 Å². The molecular weight excluding hydrogens is 601 g/mol. The number of nitrogens with zero attached hydrogens (tertiary/aromatic N) is 4. The quantitative estimate of drug-likeness (QED) is 0.154. The van der Waals surface area contributed by atoms with Gasteiger partial charge in [0, 0.05) is 46.3 Å². The van der Waals surface area contributed by atoms with Gasteiger partial charge in [0.15, 0.2) is 0 Å². The second-order valence-electron chi connectivity index (χ2n) is 15.2. The summed E-state index contributed by atoms with van der Waals surface area (Å²) in [6, 6.07) is 26.0. The molecule has 0 bridgehead atoms. The average Bonchev–Trinajstić information content (AvgIpc) is 3.53. The molecule has 1 aliphatic carbocycles. The second-order valence-corrected chi connectivity index (χ2v) is 15.2. The first-order valence-corrected chi connectivity index (χ1v) is 18.0. The van der Waals surface area contributed by atoms with Gasteiger partial charge in [0.25, 0.3) is 0 Å². The van der Waals surface area contributed by atoms with Gasteiger partial charge in [-0.25, -0.2) is 9.67 Å². The molecule has 0 radical (unpaired) electrons. The Labute approximate surface area is 291 Å². The Kier molecular flexibility index (Phi) is 8.73. The van der Waals surface area contributed by atoms with E-state index in [1.165, 1.54) is 45.2 Å². The van der Waals surface area contributed by atoms with E-state index < -0.39 is 0 Å². The molecule has 0 N–H and O–H groups in total. The molecule has 3 aromatic carbocycles. The Morgan fingerprint density at radius 3 is 2.37 bits per heavy atom. The fourth-order valence-electron chi connectivity index (χ4n) is 8.36. The van der Waals surface area contributed by atoms with Crippen LogP contribution >= 0.6 is 0 Å². The van der Waals surface area contributed by atoms with Crippen LogP contribution in [0.4, 0.5) is 0 Å². The van der Waals surface area contributed by atoms with Gasteiger partial charge in [-0.05, 0) is 111 Å². The SMILES string of the molecule is CC1=C[C@H](C)CC(C)[C@H]1c1c(C)nn(-c2cc(Oc3ccc4c5ccccc5n(-c5cc(CC(C)C)ccn5)c4c3)cc(C(C)C)c2)c1C. The highest BCUT2D eigenvalue weighted by Gasteiger charge is 2.31. The van der Waals surface area contributed by atoms with Crippen molar-refractivity contribution in [2.75, 3.05) is 0 Å². The van der Waals surface area contributed by atoms with Crippen molar-refractivity contribution >= 4 is 21.8 Å². The molecule has 1 unspecified atom stereocenters. The Bertz CT molecular complexity index is 2200. The van der Waals surface area contributed by atoms with Crippen molar-refractivity contribution in [2.24, 2.45) is 17.8 Å². The molecule has 6 aromatic rings. The van der Waals surface area contributed by atoms with Crippen LogP contribution in [0.3, 0.4) is 0 Å². The number of para-hydroxylation sites is 1. The molecule has 0 fully saturated rings. The van der Waals surface area contributed by atoms with Gasteiger partial charge < -0.3 is 4.74 Å². The third kappa shape index (κ3) is 6.20. The summed E-state index contributed by atoms with van der Waals surface area (Å²) in [5.41, 5.74) is 10.9. The number of pyridine rings is 1. The normalized spacial score (nSPS) is 18.2. The molecule has 0 saturated heterocycles. The molecule has 0 saturated carbocycles. The highest BCUT2D eigenvalue weighted by molar-refractivity contribution is 6.09. The highest BCUT2D eigenvalue weighted by Crippen LogP contribution is 2.43. The maximum Gasteiger partial charge on any atom is 0.137 e. The summed E-state index contributed by atoms with van der Waals surface area (Å²) in [7, 11) is 0. The number of ether oxygens (including phenoxy) is 1.